The van der Waals surface area contributed by atoms with Crippen LogP contribution in [0.4, 0.5) is 0 Å². The van der Waals surface area contributed by atoms with E-state index < -0.39 is 0 Å². The van der Waals surface area contributed by atoms with E-state index in [-0.39, 0.29) is 18.2 Å². The molecule has 4 rings (SSSR count). The average molecular weight is 386 g/mol. The van der Waals surface area contributed by atoms with Crippen molar-refractivity contribution < 1.29 is 9.53 Å². The highest BCUT2D eigenvalue weighted by molar-refractivity contribution is 5.76. The van der Waals surface area contributed by atoms with Gasteiger partial charge in [-0.3, -0.25) is 9.69 Å². The monoisotopic (exact) mass is 386 g/mol. The Kier molecular flexibility index (Phi) is 6.35. The molecule has 1 aliphatic heterocycles. The third-order valence-electron chi connectivity index (χ3n) is 5.26. The summed E-state index contributed by atoms with van der Waals surface area (Å²) in [6.07, 6.45) is 0.284. The summed E-state index contributed by atoms with van der Waals surface area (Å²) in [6.45, 7) is 1.84. The van der Waals surface area contributed by atoms with Crippen molar-refractivity contribution in [2.45, 2.75) is 31.8 Å². The summed E-state index contributed by atoms with van der Waals surface area (Å²) >= 11 is 0. The highest BCUT2D eigenvalue weighted by Crippen LogP contribution is 2.33. The van der Waals surface area contributed by atoms with Gasteiger partial charge in [0.25, 0.3) is 0 Å². The van der Waals surface area contributed by atoms with Crippen molar-refractivity contribution in [1.82, 2.24) is 10.2 Å². The topological polar surface area (TPSA) is 41.6 Å². The van der Waals surface area contributed by atoms with E-state index in [2.05, 4.69) is 34.5 Å². The first kappa shape index (κ1) is 19.4. The second kappa shape index (κ2) is 9.50. The number of benzene rings is 3. The van der Waals surface area contributed by atoms with Crippen LogP contribution in [0, 0.1) is 0 Å². The van der Waals surface area contributed by atoms with Crippen LogP contribution in [0.5, 0.6) is 0 Å². The van der Waals surface area contributed by atoms with Crippen LogP contribution in [-0.2, 0) is 22.6 Å². The van der Waals surface area contributed by atoms with Gasteiger partial charge in [0.15, 0.2) is 0 Å². The predicted molar refractivity (Wildman–Crippen MR) is 114 cm³/mol. The Bertz CT molecular complexity index is 900. The summed E-state index contributed by atoms with van der Waals surface area (Å²) in [5.74, 6) is 0.0502. The molecule has 1 amide bonds. The van der Waals surface area contributed by atoms with Crippen LogP contribution >= 0.6 is 0 Å². The normalized spacial score (nSPS) is 19.2. The van der Waals surface area contributed by atoms with Gasteiger partial charge < -0.3 is 10.1 Å². The number of hydrogen-bond donors (Lipinski definition) is 1. The zero-order valence-electron chi connectivity index (χ0n) is 16.4. The van der Waals surface area contributed by atoms with Gasteiger partial charge in [-0.2, -0.15) is 0 Å². The fourth-order valence-corrected chi connectivity index (χ4v) is 3.76. The molecule has 1 fully saturated rings. The van der Waals surface area contributed by atoms with E-state index in [0.717, 1.165) is 17.7 Å². The quantitative estimate of drug-likeness (QED) is 0.659. The molecule has 0 bridgehead atoms. The molecule has 0 saturated carbocycles. The maximum atomic E-state index is 12.6. The highest BCUT2D eigenvalue weighted by Gasteiger charge is 2.36. The molecule has 0 aliphatic carbocycles. The van der Waals surface area contributed by atoms with Crippen molar-refractivity contribution in [3.63, 3.8) is 0 Å². The first-order valence-electron chi connectivity index (χ1n) is 10.1. The molecule has 3 aromatic rings. The standard InChI is InChI=1S/C25H26N2O2/c28-24(26-17-20-10-4-1-5-11-20)16-23-19-29-25(22-14-8-3-9-15-22)27(23)18-21-12-6-2-7-13-21/h1-15,23,25H,16-19H2,(H,26,28)/t23-,25+/m0/s1. The van der Waals surface area contributed by atoms with Crippen molar-refractivity contribution in [2.24, 2.45) is 0 Å². The highest BCUT2D eigenvalue weighted by atomic mass is 16.5. The van der Waals surface area contributed by atoms with Crippen molar-refractivity contribution in [3.8, 4) is 0 Å². The van der Waals surface area contributed by atoms with E-state index in [1.54, 1.807) is 0 Å². The molecule has 0 aromatic heterocycles. The Labute approximate surface area is 172 Å². The van der Waals surface area contributed by atoms with Crippen molar-refractivity contribution in [1.29, 1.82) is 0 Å². The maximum Gasteiger partial charge on any atom is 0.221 e. The lowest BCUT2D eigenvalue weighted by Gasteiger charge is -2.28. The Morgan fingerprint density at radius 2 is 1.45 bits per heavy atom. The molecular weight excluding hydrogens is 360 g/mol. The van der Waals surface area contributed by atoms with Gasteiger partial charge >= 0.3 is 0 Å². The molecule has 148 valence electrons. The number of nitrogens with zero attached hydrogens (tertiary/aromatic N) is 1. The lowest BCUT2D eigenvalue weighted by Crippen LogP contribution is -2.37. The van der Waals surface area contributed by atoms with E-state index in [9.17, 15) is 4.79 Å². The zero-order chi connectivity index (χ0) is 19.9. The molecule has 1 aliphatic rings. The van der Waals surface area contributed by atoms with E-state index in [4.69, 9.17) is 4.74 Å². The fourth-order valence-electron chi connectivity index (χ4n) is 3.76. The molecule has 0 unspecified atom stereocenters. The lowest BCUT2D eigenvalue weighted by molar-refractivity contribution is -0.122. The minimum Gasteiger partial charge on any atom is -0.357 e. The number of carbonyl (C=O) groups excluding carboxylic acids is 1. The number of ether oxygens (including phenoxy) is 1. The second-order valence-corrected chi connectivity index (χ2v) is 7.37. The van der Waals surface area contributed by atoms with Crippen LogP contribution in [-0.4, -0.2) is 23.5 Å². The fraction of sp³-hybridized carbons (Fsp3) is 0.240. The molecule has 1 heterocycles. The van der Waals surface area contributed by atoms with Crippen LogP contribution in [0.25, 0.3) is 0 Å². The van der Waals surface area contributed by atoms with E-state index >= 15 is 0 Å². The molecule has 3 aromatic carbocycles. The number of rotatable bonds is 7. The van der Waals surface area contributed by atoms with Gasteiger partial charge in [-0.25, -0.2) is 0 Å². The van der Waals surface area contributed by atoms with Gasteiger partial charge in [-0.05, 0) is 16.7 Å². The molecule has 0 spiro atoms. The predicted octanol–water partition coefficient (Wildman–Crippen LogP) is 4.29. The summed E-state index contributed by atoms with van der Waals surface area (Å²) in [4.78, 5) is 14.9. The molecule has 4 heteroatoms. The van der Waals surface area contributed by atoms with Crippen molar-refractivity contribution in [3.05, 3.63) is 108 Å². The van der Waals surface area contributed by atoms with Gasteiger partial charge in [0.05, 0.1) is 6.61 Å². The van der Waals surface area contributed by atoms with Crippen LogP contribution < -0.4 is 5.32 Å². The lowest BCUT2D eigenvalue weighted by atomic mass is 10.1. The van der Waals surface area contributed by atoms with Crippen molar-refractivity contribution in [2.75, 3.05) is 6.61 Å². The number of nitrogens with one attached hydrogen (secondary N) is 1. The van der Waals surface area contributed by atoms with Gasteiger partial charge in [-0.15, -0.1) is 0 Å². The Hall–Kier alpha value is -2.95. The minimum absolute atomic E-state index is 0.0381. The summed E-state index contributed by atoms with van der Waals surface area (Å²) in [5.41, 5.74) is 3.44. The smallest absolute Gasteiger partial charge is 0.221 e. The molecule has 1 N–H and O–H groups in total. The van der Waals surface area contributed by atoms with Gasteiger partial charge in [0.1, 0.15) is 6.23 Å². The first-order chi connectivity index (χ1) is 14.3. The van der Waals surface area contributed by atoms with Gasteiger partial charge in [0.2, 0.25) is 5.91 Å². The summed E-state index contributed by atoms with van der Waals surface area (Å²) < 4.78 is 6.15. The van der Waals surface area contributed by atoms with Gasteiger partial charge in [-0.1, -0.05) is 91.0 Å². The molecular formula is C25H26N2O2. The first-order valence-corrected chi connectivity index (χ1v) is 10.1. The second-order valence-electron chi connectivity index (χ2n) is 7.37. The molecule has 0 radical (unpaired) electrons. The minimum atomic E-state index is -0.136. The summed E-state index contributed by atoms with van der Waals surface area (Å²) in [7, 11) is 0. The maximum absolute atomic E-state index is 12.6. The Morgan fingerprint density at radius 3 is 2.10 bits per heavy atom. The largest absolute Gasteiger partial charge is 0.357 e. The Balaban J connectivity index is 1.45. The van der Waals surface area contributed by atoms with E-state index in [0.29, 0.717) is 19.6 Å². The molecule has 2 atom stereocenters. The van der Waals surface area contributed by atoms with Gasteiger partial charge in [0, 0.05) is 25.6 Å². The third kappa shape index (κ3) is 5.11. The average Bonchev–Trinajstić information content (AvgIpc) is 3.16. The van der Waals surface area contributed by atoms with E-state index in [1.807, 2.05) is 66.7 Å². The molecule has 1 saturated heterocycles. The Morgan fingerprint density at radius 1 is 0.862 bits per heavy atom. The summed E-state index contributed by atoms with van der Waals surface area (Å²) in [5, 5.41) is 3.04. The van der Waals surface area contributed by atoms with Crippen LogP contribution in [0.3, 0.4) is 0 Å². The SMILES string of the molecule is O=C(C[C@H]1CO[C@H](c2ccccc2)N1Cc1ccccc1)NCc1ccccc1. The summed E-state index contributed by atoms with van der Waals surface area (Å²) in [6, 6.07) is 30.6. The van der Waals surface area contributed by atoms with Crippen LogP contribution in [0.2, 0.25) is 0 Å². The van der Waals surface area contributed by atoms with E-state index in [1.165, 1.54) is 5.56 Å². The number of carbonyl (C=O) groups is 1. The van der Waals surface area contributed by atoms with Crippen LogP contribution in [0.1, 0.15) is 29.3 Å². The number of amides is 1. The third-order valence-corrected chi connectivity index (χ3v) is 5.26. The zero-order valence-corrected chi connectivity index (χ0v) is 16.4. The number of hydrogen-bond acceptors (Lipinski definition) is 3. The van der Waals surface area contributed by atoms with Crippen LogP contribution in [0.15, 0.2) is 91.0 Å². The molecule has 4 nitrogen and oxygen atoms in total. The molecule has 29 heavy (non-hydrogen) atoms. The van der Waals surface area contributed by atoms with Crippen molar-refractivity contribution >= 4 is 5.91 Å².